The van der Waals surface area contributed by atoms with E-state index in [2.05, 4.69) is 83.1 Å². The molecule has 6 rings (SSSR count). The lowest BCUT2D eigenvalue weighted by Crippen LogP contribution is -2.45. The zero-order chi connectivity index (χ0) is 39.1. The minimum Gasteiger partial charge on any atom is -0.333 e. The summed E-state index contributed by atoms with van der Waals surface area (Å²) in [5.74, 6) is 7.53. The van der Waals surface area contributed by atoms with Gasteiger partial charge < -0.3 is 18.1 Å². The topological polar surface area (TPSA) is 36.9 Å². The fourth-order valence-corrected chi connectivity index (χ4v) is 14.9. The Bertz CT molecular complexity index is 1070. The molecule has 0 N–H and O–H groups in total. The molecule has 0 heterocycles. The highest BCUT2D eigenvalue weighted by Gasteiger charge is 2.48. The van der Waals surface area contributed by atoms with Crippen LogP contribution in [0.15, 0.2) is 0 Å². The molecule has 0 aliphatic heterocycles. The Morgan fingerprint density at radius 2 is 0.685 bits per heavy atom. The number of rotatable bonds is 9. The number of fused-ring (bicyclic) bond motifs is 2. The second-order valence-electron chi connectivity index (χ2n) is 24.4. The second-order valence-corrected chi connectivity index (χ2v) is 25.6. The van der Waals surface area contributed by atoms with Gasteiger partial charge in [-0.3, -0.25) is 0 Å². The van der Waals surface area contributed by atoms with Crippen LogP contribution in [-0.4, -0.2) is 24.4 Å². The highest BCUT2D eigenvalue weighted by Crippen LogP contribution is 2.56. The van der Waals surface area contributed by atoms with E-state index >= 15 is 0 Å². The van der Waals surface area contributed by atoms with Gasteiger partial charge in [-0.1, -0.05) is 109 Å². The molecule has 0 aromatic rings. The summed E-state index contributed by atoms with van der Waals surface area (Å²) in [5.41, 5.74) is 1.37. The fraction of sp³-hybridized carbons (Fsp3) is 1.00. The highest BCUT2D eigenvalue weighted by molar-refractivity contribution is 7.26. The van der Waals surface area contributed by atoms with E-state index in [9.17, 15) is 0 Å². The van der Waals surface area contributed by atoms with E-state index in [1.54, 1.807) is 0 Å². The quantitative estimate of drug-likeness (QED) is 0.218. The summed E-state index contributed by atoms with van der Waals surface area (Å²) in [6, 6.07) is 0. The molecule has 4 nitrogen and oxygen atoms in total. The first-order valence-corrected chi connectivity index (χ1v) is 25.0. The van der Waals surface area contributed by atoms with Crippen LogP contribution in [-0.2, 0) is 18.1 Å². The predicted molar refractivity (Wildman–Crippen MR) is 232 cm³/mol. The molecular formula is C48H88O4P2. The van der Waals surface area contributed by atoms with Crippen LogP contribution >= 0.6 is 18.1 Å². The van der Waals surface area contributed by atoms with Crippen molar-refractivity contribution in [2.75, 3.05) is 0 Å². The molecule has 6 heteroatoms. The summed E-state index contributed by atoms with van der Waals surface area (Å²) in [7, 11) is 0.331. The van der Waals surface area contributed by atoms with Crippen molar-refractivity contribution in [1.82, 2.24) is 0 Å². The molecule has 0 amide bonds. The number of hydrogen-bond acceptors (Lipinski definition) is 4. The van der Waals surface area contributed by atoms with Crippen molar-refractivity contribution in [3.63, 3.8) is 0 Å². The average molecular weight is 791 g/mol. The molecule has 0 aromatic carbocycles. The van der Waals surface area contributed by atoms with Crippen LogP contribution in [0.1, 0.15) is 199 Å². The van der Waals surface area contributed by atoms with Crippen LogP contribution in [0.2, 0.25) is 0 Å². The van der Waals surface area contributed by atoms with Crippen LogP contribution < -0.4 is 0 Å². The zero-order valence-electron chi connectivity index (χ0n) is 37.4. The third-order valence-corrected chi connectivity index (χ3v) is 18.5. The van der Waals surface area contributed by atoms with Crippen LogP contribution in [0.4, 0.5) is 0 Å². The van der Waals surface area contributed by atoms with Gasteiger partial charge in [0.15, 0.2) is 18.1 Å². The zero-order valence-corrected chi connectivity index (χ0v) is 39.4. The lowest BCUT2D eigenvalue weighted by atomic mass is 9.57. The number of hydrogen-bond donors (Lipinski definition) is 0. The monoisotopic (exact) mass is 791 g/mol. The first kappa shape index (κ1) is 44.3. The molecule has 16 unspecified atom stereocenters. The van der Waals surface area contributed by atoms with Crippen LogP contribution in [0, 0.1) is 80.8 Å². The minimum absolute atomic E-state index is 0.165. The molecule has 0 aromatic heterocycles. The molecule has 54 heavy (non-hydrogen) atoms. The molecule has 0 radical (unpaired) electrons. The van der Waals surface area contributed by atoms with E-state index in [0.29, 0.717) is 58.9 Å². The SMILES string of the molecule is CC(C)(C)C1CCC2CC(OPOC3CCCCC3C3CCCCC3OPOC3CC4CCC(C(C)(C)C)CC4CC3C(C)(C)C)C(C(C)(C)C)CC2C1. The van der Waals surface area contributed by atoms with Gasteiger partial charge >= 0.3 is 0 Å². The Balaban J connectivity index is 1.03. The van der Waals surface area contributed by atoms with Crippen LogP contribution in [0.5, 0.6) is 0 Å². The van der Waals surface area contributed by atoms with Gasteiger partial charge in [0.25, 0.3) is 0 Å². The summed E-state index contributed by atoms with van der Waals surface area (Å²) in [6.45, 7) is 29.5. The van der Waals surface area contributed by atoms with Crippen molar-refractivity contribution in [3.8, 4) is 0 Å². The molecule has 16 atom stereocenters. The van der Waals surface area contributed by atoms with Gasteiger partial charge in [-0.15, -0.1) is 0 Å². The molecule has 0 bridgehead atoms. The van der Waals surface area contributed by atoms with E-state index in [1.807, 2.05) is 0 Å². The smallest absolute Gasteiger partial charge is 0.155 e. The van der Waals surface area contributed by atoms with E-state index in [-0.39, 0.29) is 28.9 Å². The maximum atomic E-state index is 6.92. The normalized spacial score (nSPS) is 42.0. The molecule has 0 spiro atoms. The van der Waals surface area contributed by atoms with Gasteiger partial charge in [0.05, 0.1) is 24.4 Å². The average Bonchev–Trinajstić information content (AvgIpc) is 3.09. The first-order chi connectivity index (χ1) is 25.3. The molecule has 314 valence electrons. The van der Waals surface area contributed by atoms with Crippen molar-refractivity contribution >= 4 is 18.1 Å². The van der Waals surface area contributed by atoms with Crippen molar-refractivity contribution in [1.29, 1.82) is 0 Å². The standard InChI is InChI=1S/C48H88O4P2/c1-45(2,3)35-23-21-31-29-43(39(47(7,8)9)27-33(31)25-35)51-53-49-41-19-15-13-17-37(41)38-18-14-16-20-42(38)50-54-52-44-30-32-22-24-36(46(4,5)6)26-34(32)28-40(44)48(10,11)12/h31-44,53-54H,13-30H2,1-12H3. The summed E-state index contributed by atoms with van der Waals surface area (Å²) in [5, 5.41) is 0. The van der Waals surface area contributed by atoms with Crippen molar-refractivity contribution < 1.29 is 18.1 Å². The van der Waals surface area contributed by atoms with Gasteiger partial charge in [0, 0.05) is 0 Å². The van der Waals surface area contributed by atoms with E-state index in [1.165, 1.54) is 116 Å². The lowest BCUT2D eigenvalue weighted by Gasteiger charge is -2.51. The molecule has 6 aliphatic carbocycles. The molecule has 6 saturated carbocycles. The summed E-state index contributed by atoms with van der Waals surface area (Å²) in [6.07, 6.45) is 25.0. The Morgan fingerprint density at radius 3 is 1.04 bits per heavy atom. The minimum atomic E-state index is 0.165. The Kier molecular flexibility index (Phi) is 14.9. The van der Waals surface area contributed by atoms with Crippen molar-refractivity contribution in [2.24, 2.45) is 80.8 Å². The third-order valence-electron chi connectivity index (χ3n) is 16.9. The largest absolute Gasteiger partial charge is 0.333 e. The van der Waals surface area contributed by atoms with Gasteiger partial charge in [0.2, 0.25) is 0 Å². The van der Waals surface area contributed by atoms with Gasteiger partial charge in [-0.2, -0.15) is 0 Å². The maximum absolute atomic E-state index is 6.92. The summed E-state index contributed by atoms with van der Waals surface area (Å²) < 4.78 is 27.7. The van der Waals surface area contributed by atoms with E-state index in [0.717, 1.165) is 35.5 Å². The second kappa shape index (κ2) is 18.1. The third kappa shape index (κ3) is 11.1. The van der Waals surface area contributed by atoms with Crippen molar-refractivity contribution in [3.05, 3.63) is 0 Å². The highest BCUT2D eigenvalue weighted by atomic mass is 31.1. The first-order valence-electron chi connectivity index (χ1n) is 23.4. The molecule has 6 fully saturated rings. The molecule has 6 aliphatic rings. The van der Waals surface area contributed by atoms with E-state index in [4.69, 9.17) is 18.1 Å². The predicted octanol–water partition coefficient (Wildman–Crippen LogP) is 15.0. The van der Waals surface area contributed by atoms with Gasteiger partial charge in [0.1, 0.15) is 0 Å². The summed E-state index contributed by atoms with van der Waals surface area (Å²) in [4.78, 5) is 0. The maximum Gasteiger partial charge on any atom is 0.155 e. The molecular weight excluding hydrogens is 702 g/mol. The van der Waals surface area contributed by atoms with Crippen molar-refractivity contribution in [2.45, 2.75) is 223 Å². The van der Waals surface area contributed by atoms with Gasteiger partial charge in [-0.05, 0) is 171 Å². The lowest BCUT2D eigenvalue weighted by molar-refractivity contribution is -0.0569. The van der Waals surface area contributed by atoms with Gasteiger partial charge in [-0.25, -0.2) is 0 Å². The van der Waals surface area contributed by atoms with Crippen LogP contribution in [0.3, 0.4) is 0 Å². The Labute approximate surface area is 338 Å². The Morgan fingerprint density at radius 1 is 0.333 bits per heavy atom. The Hall–Kier alpha value is 0.700. The molecule has 0 saturated heterocycles. The van der Waals surface area contributed by atoms with Crippen LogP contribution in [0.25, 0.3) is 0 Å². The van der Waals surface area contributed by atoms with E-state index < -0.39 is 0 Å². The summed E-state index contributed by atoms with van der Waals surface area (Å²) >= 11 is 0. The fourth-order valence-electron chi connectivity index (χ4n) is 13.2.